The molecule has 0 aliphatic rings. The molecule has 4 aromatic rings. The highest BCUT2D eigenvalue weighted by Gasteiger charge is 2.23. The largest absolute Gasteiger partial charge is 0.490 e. The van der Waals surface area contributed by atoms with Gasteiger partial charge in [-0.2, -0.15) is 5.10 Å². The van der Waals surface area contributed by atoms with Gasteiger partial charge in [0.15, 0.2) is 11.4 Å². The first-order valence-electron chi connectivity index (χ1n) is 10.4. The SMILES string of the molecule is CC(C)Oc1ccc(Cl)cc1S(=O)(=O)c1ccc(CCC(=O)c2cnc3[nH]ncc3c2)cc1. The van der Waals surface area contributed by atoms with Crippen molar-refractivity contribution in [1.82, 2.24) is 15.2 Å². The normalized spacial score (nSPS) is 11.8. The number of nitrogens with one attached hydrogen (secondary N) is 1. The summed E-state index contributed by atoms with van der Waals surface area (Å²) in [5.41, 5.74) is 2.00. The first-order valence-corrected chi connectivity index (χ1v) is 12.2. The van der Waals surface area contributed by atoms with Crippen molar-refractivity contribution in [3.8, 4) is 5.75 Å². The Bertz CT molecular complexity index is 1410. The van der Waals surface area contributed by atoms with E-state index < -0.39 is 9.84 Å². The van der Waals surface area contributed by atoms with E-state index in [-0.39, 0.29) is 33.8 Å². The number of benzene rings is 2. The summed E-state index contributed by atoms with van der Waals surface area (Å²) in [4.78, 5) is 16.9. The second kappa shape index (κ2) is 9.33. The van der Waals surface area contributed by atoms with Crippen molar-refractivity contribution < 1.29 is 17.9 Å². The lowest BCUT2D eigenvalue weighted by atomic mass is 10.0. The highest BCUT2D eigenvalue weighted by molar-refractivity contribution is 7.91. The number of sulfone groups is 1. The number of carbonyl (C=O) groups excluding carboxylic acids is 1. The molecule has 4 rings (SSSR count). The van der Waals surface area contributed by atoms with Crippen LogP contribution in [-0.4, -0.2) is 35.5 Å². The van der Waals surface area contributed by atoms with Gasteiger partial charge in [0.1, 0.15) is 10.6 Å². The topological polar surface area (TPSA) is 102 Å². The van der Waals surface area contributed by atoms with Gasteiger partial charge >= 0.3 is 0 Å². The molecule has 170 valence electrons. The standard InChI is InChI=1S/C24H22ClN3O4S/c1-15(2)32-22-10-6-19(25)12-23(22)33(30,31)20-7-3-16(4-8-20)5-9-21(29)17-11-18-14-27-28-24(18)26-13-17/h3-4,6-8,10-15H,5,9H2,1-2H3,(H,26,27,28). The number of ether oxygens (including phenoxy) is 1. The van der Waals surface area contributed by atoms with Crippen LogP contribution in [0, 0.1) is 0 Å². The molecule has 7 nitrogen and oxygen atoms in total. The van der Waals surface area contributed by atoms with Gasteiger partial charge in [0.2, 0.25) is 9.84 Å². The fraction of sp³-hybridized carbons (Fsp3) is 0.208. The summed E-state index contributed by atoms with van der Waals surface area (Å²) in [6.07, 6.45) is 3.71. The second-order valence-electron chi connectivity index (χ2n) is 7.86. The number of hydrogen-bond acceptors (Lipinski definition) is 6. The number of nitrogens with zero attached hydrogens (tertiary/aromatic N) is 2. The van der Waals surface area contributed by atoms with Gasteiger partial charge in [-0.1, -0.05) is 23.7 Å². The molecule has 0 atom stereocenters. The Balaban J connectivity index is 1.50. The van der Waals surface area contributed by atoms with Crippen molar-refractivity contribution in [3.63, 3.8) is 0 Å². The third kappa shape index (κ3) is 5.07. The highest BCUT2D eigenvalue weighted by atomic mass is 35.5. The smallest absolute Gasteiger partial charge is 0.210 e. The number of fused-ring (bicyclic) bond motifs is 1. The predicted molar refractivity (Wildman–Crippen MR) is 126 cm³/mol. The van der Waals surface area contributed by atoms with Gasteiger partial charge in [-0.3, -0.25) is 9.89 Å². The third-order valence-electron chi connectivity index (χ3n) is 5.05. The Labute approximate surface area is 196 Å². The van der Waals surface area contributed by atoms with E-state index in [9.17, 15) is 13.2 Å². The molecule has 0 saturated carbocycles. The number of rotatable bonds is 8. The molecule has 0 bridgehead atoms. The molecule has 2 aromatic heterocycles. The van der Waals surface area contributed by atoms with Gasteiger partial charge < -0.3 is 4.74 Å². The minimum Gasteiger partial charge on any atom is -0.490 e. The summed E-state index contributed by atoms with van der Waals surface area (Å²) in [5, 5.41) is 7.74. The molecule has 0 radical (unpaired) electrons. The van der Waals surface area contributed by atoms with Crippen LogP contribution in [0.4, 0.5) is 0 Å². The van der Waals surface area contributed by atoms with Crippen LogP contribution < -0.4 is 4.74 Å². The summed E-state index contributed by atoms with van der Waals surface area (Å²) in [6, 6.07) is 12.8. The van der Waals surface area contributed by atoms with Gasteiger partial charge in [0, 0.05) is 28.6 Å². The Morgan fingerprint density at radius 1 is 1.09 bits per heavy atom. The number of Topliss-reactive ketones (excluding diaryl/α,β-unsaturated/α-hetero) is 1. The molecule has 2 aromatic carbocycles. The maximum atomic E-state index is 13.2. The van der Waals surface area contributed by atoms with Crippen LogP contribution >= 0.6 is 11.6 Å². The van der Waals surface area contributed by atoms with Gasteiger partial charge in [0.05, 0.1) is 17.2 Å². The fourth-order valence-corrected chi connectivity index (χ4v) is 5.04. The molecular formula is C24H22ClN3O4S. The number of aromatic amines is 1. The van der Waals surface area contributed by atoms with Gasteiger partial charge in [0.25, 0.3) is 0 Å². The van der Waals surface area contributed by atoms with E-state index in [1.807, 2.05) is 13.8 Å². The number of aryl methyl sites for hydroxylation is 1. The number of H-pyrrole nitrogens is 1. The Hall–Kier alpha value is -3.23. The summed E-state index contributed by atoms with van der Waals surface area (Å²) in [6.45, 7) is 3.65. The summed E-state index contributed by atoms with van der Waals surface area (Å²) in [7, 11) is -3.84. The quantitative estimate of drug-likeness (QED) is 0.352. The number of carbonyl (C=O) groups is 1. The minimum absolute atomic E-state index is 0.0220. The van der Waals surface area contributed by atoms with Crippen LogP contribution in [-0.2, 0) is 16.3 Å². The van der Waals surface area contributed by atoms with Gasteiger partial charge in [-0.15, -0.1) is 0 Å². The molecule has 0 amide bonds. The monoisotopic (exact) mass is 483 g/mol. The number of pyridine rings is 1. The van der Waals surface area contributed by atoms with Crippen molar-refractivity contribution in [2.24, 2.45) is 0 Å². The van der Waals surface area contributed by atoms with E-state index >= 15 is 0 Å². The van der Waals surface area contributed by atoms with Crippen LogP contribution in [0.15, 0.2) is 70.7 Å². The minimum atomic E-state index is -3.84. The first kappa shape index (κ1) is 22.9. The fourth-order valence-electron chi connectivity index (χ4n) is 3.40. The van der Waals surface area contributed by atoms with E-state index in [4.69, 9.17) is 16.3 Å². The van der Waals surface area contributed by atoms with Crippen molar-refractivity contribution in [1.29, 1.82) is 0 Å². The molecule has 0 aliphatic heterocycles. The number of hydrogen-bond donors (Lipinski definition) is 1. The lowest BCUT2D eigenvalue weighted by Gasteiger charge is -2.15. The van der Waals surface area contributed by atoms with Crippen molar-refractivity contribution >= 4 is 38.3 Å². The molecule has 33 heavy (non-hydrogen) atoms. The number of halogens is 1. The van der Waals surface area contributed by atoms with E-state index in [0.717, 1.165) is 10.9 Å². The zero-order valence-corrected chi connectivity index (χ0v) is 19.7. The summed E-state index contributed by atoms with van der Waals surface area (Å²) < 4.78 is 32.1. The average Bonchev–Trinajstić information content (AvgIpc) is 3.26. The molecule has 9 heteroatoms. The molecule has 0 unspecified atom stereocenters. The van der Waals surface area contributed by atoms with Crippen LogP contribution in [0.25, 0.3) is 11.0 Å². The Kier molecular flexibility index (Phi) is 6.49. The predicted octanol–water partition coefficient (Wildman–Crippen LogP) is 5.05. The number of ketones is 1. The van der Waals surface area contributed by atoms with E-state index in [1.165, 1.54) is 24.4 Å². The molecule has 0 spiro atoms. The molecule has 0 aliphatic carbocycles. The average molecular weight is 484 g/mol. The lowest BCUT2D eigenvalue weighted by molar-refractivity contribution is 0.0982. The van der Waals surface area contributed by atoms with Crippen molar-refractivity contribution in [3.05, 3.63) is 77.1 Å². The Morgan fingerprint density at radius 3 is 2.58 bits per heavy atom. The maximum Gasteiger partial charge on any atom is 0.210 e. The van der Waals surface area contributed by atoms with E-state index in [2.05, 4.69) is 15.2 Å². The molecule has 0 fully saturated rings. The van der Waals surface area contributed by atoms with Gasteiger partial charge in [-0.05, 0) is 62.2 Å². The zero-order valence-electron chi connectivity index (χ0n) is 18.1. The second-order valence-corrected chi connectivity index (χ2v) is 10.2. The van der Waals surface area contributed by atoms with Crippen LogP contribution in [0.3, 0.4) is 0 Å². The van der Waals surface area contributed by atoms with E-state index in [1.54, 1.807) is 36.5 Å². The van der Waals surface area contributed by atoms with Crippen molar-refractivity contribution in [2.75, 3.05) is 0 Å². The Morgan fingerprint density at radius 2 is 1.85 bits per heavy atom. The van der Waals surface area contributed by atoms with Crippen molar-refractivity contribution in [2.45, 2.75) is 42.6 Å². The van der Waals surface area contributed by atoms with Gasteiger partial charge in [-0.25, -0.2) is 13.4 Å². The molecule has 0 saturated heterocycles. The maximum absolute atomic E-state index is 13.2. The lowest BCUT2D eigenvalue weighted by Crippen LogP contribution is -2.11. The molecule has 2 heterocycles. The third-order valence-corrected chi connectivity index (χ3v) is 7.07. The van der Waals surface area contributed by atoms with E-state index in [0.29, 0.717) is 22.7 Å². The zero-order chi connectivity index (χ0) is 23.6. The summed E-state index contributed by atoms with van der Waals surface area (Å²) in [5.74, 6) is 0.212. The molecular weight excluding hydrogens is 462 g/mol. The van der Waals surface area contributed by atoms with Crippen LogP contribution in [0.2, 0.25) is 5.02 Å². The summed E-state index contributed by atoms with van der Waals surface area (Å²) >= 11 is 6.06. The van der Waals surface area contributed by atoms with Crippen LogP contribution in [0.5, 0.6) is 5.75 Å². The first-order chi connectivity index (χ1) is 15.7. The number of aromatic nitrogens is 3. The molecule has 1 N–H and O–H groups in total. The highest BCUT2D eigenvalue weighted by Crippen LogP contribution is 2.32. The van der Waals surface area contributed by atoms with Crippen LogP contribution in [0.1, 0.15) is 36.2 Å².